The smallest absolute Gasteiger partial charge is 0.347 e. The van der Waals surface area contributed by atoms with Crippen LogP contribution in [-0.2, 0) is 14.3 Å². The lowest BCUT2D eigenvalue weighted by atomic mass is 10.2. The minimum atomic E-state index is -0.811. The lowest BCUT2D eigenvalue weighted by Crippen LogP contribution is -2.31. The van der Waals surface area contributed by atoms with E-state index in [2.05, 4.69) is 5.32 Å². The van der Waals surface area contributed by atoms with Crippen LogP contribution in [0.15, 0.2) is 54.6 Å². The highest BCUT2D eigenvalue weighted by Crippen LogP contribution is 2.14. The minimum absolute atomic E-state index is 0.0335. The number of carbonyl (C=O) groups is 2. The first-order valence-corrected chi connectivity index (χ1v) is 7.53. The van der Waals surface area contributed by atoms with Crippen molar-refractivity contribution in [2.24, 2.45) is 0 Å². The Bertz CT molecular complexity index is 690. The van der Waals surface area contributed by atoms with Crippen LogP contribution < -0.4 is 10.1 Å². The Morgan fingerprint density at radius 3 is 2.42 bits per heavy atom. The summed E-state index contributed by atoms with van der Waals surface area (Å²) in [7, 11) is 0. The maximum absolute atomic E-state index is 13.4. The van der Waals surface area contributed by atoms with Gasteiger partial charge in [0.05, 0.1) is 5.69 Å². The van der Waals surface area contributed by atoms with Gasteiger partial charge in [0.25, 0.3) is 5.91 Å². The molecular formula is C18H18FNO4. The summed E-state index contributed by atoms with van der Waals surface area (Å²) in [6.45, 7) is 1.26. The Morgan fingerprint density at radius 1 is 1.08 bits per heavy atom. The van der Waals surface area contributed by atoms with E-state index in [0.29, 0.717) is 12.2 Å². The van der Waals surface area contributed by atoms with Crippen molar-refractivity contribution in [3.8, 4) is 5.75 Å². The molecule has 0 aromatic heterocycles. The minimum Gasteiger partial charge on any atom is -0.479 e. The van der Waals surface area contributed by atoms with Crippen molar-refractivity contribution in [3.63, 3.8) is 0 Å². The number of carbonyl (C=O) groups excluding carboxylic acids is 2. The molecule has 0 spiro atoms. The van der Waals surface area contributed by atoms with Crippen molar-refractivity contribution in [1.82, 2.24) is 0 Å². The Hall–Kier alpha value is -2.89. The summed E-state index contributed by atoms with van der Waals surface area (Å²) in [5, 5.41) is 2.34. The molecule has 0 saturated carbocycles. The van der Waals surface area contributed by atoms with Crippen molar-refractivity contribution in [2.45, 2.75) is 19.4 Å². The van der Waals surface area contributed by atoms with Crippen molar-refractivity contribution in [2.75, 3.05) is 11.9 Å². The normalized spacial score (nSPS) is 11.4. The molecule has 1 N–H and O–H groups in total. The highest BCUT2D eigenvalue weighted by molar-refractivity contribution is 5.93. The van der Waals surface area contributed by atoms with Gasteiger partial charge in [-0.15, -0.1) is 0 Å². The molecule has 2 aromatic rings. The molecule has 24 heavy (non-hydrogen) atoms. The predicted octanol–water partition coefficient (Wildman–Crippen LogP) is 3.17. The zero-order chi connectivity index (χ0) is 17.4. The van der Waals surface area contributed by atoms with Crippen molar-refractivity contribution >= 4 is 17.6 Å². The quantitative estimate of drug-likeness (QED) is 0.792. The van der Waals surface area contributed by atoms with Crippen LogP contribution in [0, 0.1) is 5.82 Å². The number of para-hydroxylation sites is 2. The lowest BCUT2D eigenvalue weighted by molar-refractivity contribution is -0.154. The van der Waals surface area contributed by atoms with Crippen LogP contribution in [-0.4, -0.2) is 24.6 Å². The summed E-state index contributed by atoms with van der Waals surface area (Å²) in [5.41, 5.74) is 0.0335. The molecule has 0 radical (unpaired) electrons. The van der Waals surface area contributed by atoms with E-state index in [0.717, 1.165) is 0 Å². The molecule has 0 aliphatic carbocycles. The van der Waals surface area contributed by atoms with E-state index in [-0.39, 0.29) is 5.69 Å². The van der Waals surface area contributed by atoms with Gasteiger partial charge in [-0.2, -0.15) is 0 Å². The number of ether oxygens (including phenoxy) is 2. The second kappa shape index (κ2) is 8.67. The molecule has 0 heterocycles. The number of hydrogen-bond donors (Lipinski definition) is 1. The fourth-order valence-corrected chi connectivity index (χ4v) is 1.94. The largest absolute Gasteiger partial charge is 0.479 e. The molecule has 0 saturated heterocycles. The van der Waals surface area contributed by atoms with Gasteiger partial charge in [0.1, 0.15) is 11.6 Å². The fourth-order valence-electron chi connectivity index (χ4n) is 1.94. The molecule has 1 amide bonds. The van der Waals surface area contributed by atoms with Crippen LogP contribution in [0.1, 0.15) is 13.3 Å². The predicted molar refractivity (Wildman–Crippen MR) is 87.1 cm³/mol. The monoisotopic (exact) mass is 331 g/mol. The second-order valence-corrected chi connectivity index (χ2v) is 4.96. The highest BCUT2D eigenvalue weighted by atomic mass is 19.1. The first kappa shape index (κ1) is 17.5. The summed E-state index contributed by atoms with van der Waals surface area (Å²) in [4.78, 5) is 23.7. The number of halogens is 1. The van der Waals surface area contributed by atoms with Gasteiger partial charge < -0.3 is 14.8 Å². The second-order valence-electron chi connectivity index (χ2n) is 4.96. The topological polar surface area (TPSA) is 64.6 Å². The maximum atomic E-state index is 13.4. The van der Waals surface area contributed by atoms with Crippen molar-refractivity contribution < 1.29 is 23.5 Å². The van der Waals surface area contributed by atoms with E-state index in [1.54, 1.807) is 37.3 Å². The van der Waals surface area contributed by atoms with Gasteiger partial charge in [0, 0.05) is 0 Å². The average Bonchev–Trinajstić information content (AvgIpc) is 2.60. The zero-order valence-corrected chi connectivity index (χ0v) is 13.2. The Balaban J connectivity index is 1.84. The molecule has 0 bridgehead atoms. The van der Waals surface area contributed by atoms with E-state index in [9.17, 15) is 14.0 Å². The molecule has 0 aliphatic heterocycles. The number of benzene rings is 2. The van der Waals surface area contributed by atoms with E-state index in [1.807, 2.05) is 6.07 Å². The summed E-state index contributed by atoms with van der Waals surface area (Å²) in [6, 6.07) is 14.6. The molecule has 0 fully saturated rings. The fraction of sp³-hybridized carbons (Fsp3) is 0.222. The third-order valence-electron chi connectivity index (χ3n) is 3.15. The summed E-state index contributed by atoms with van der Waals surface area (Å²) in [6.07, 6.45) is -0.420. The van der Waals surface area contributed by atoms with Gasteiger partial charge in [-0.25, -0.2) is 9.18 Å². The van der Waals surface area contributed by atoms with Crippen LogP contribution in [0.5, 0.6) is 5.75 Å². The Morgan fingerprint density at radius 2 is 1.75 bits per heavy atom. The van der Waals surface area contributed by atoms with Crippen LogP contribution in [0.3, 0.4) is 0 Å². The third-order valence-corrected chi connectivity index (χ3v) is 3.15. The van der Waals surface area contributed by atoms with Gasteiger partial charge >= 0.3 is 5.97 Å². The molecular weight excluding hydrogens is 313 g/mol. The van der Waals surface area contributed by atoms with Crippen molar-refractivity contribution in [1.29, 1.82) is 0 Å². The van der Waals surface area contributed by atoms with Crippen LogP contribution in [0.2, 0.25) is 0 Å². The molecule has 126 valence electrons. The van der Waals surface area contributed by atoms with Gasteiger partial charge in [0.15, 0.2) is 12.7 Å². The molecule has 2 rings (SSSR count). The van der Waals surface area contributed by atoms with Gasteiger partial charge in [-0.05, 0) is 30.7 Å². The lowest BCUT2D eigenvalue weighted by Gasteiger charge is -2.16. The van der Waals surface area contributed by atoms with Crippen LogP contribution in [0.25, 0.3) is 0 Å². The van der Waals surface area contributed by atoms with Crippen LogP contribution >= 0.6 is 0 Å². The van der Waals surface area contributed by atoms with E-state index in [1.165, 1.54) is 18.2 Å². The molecule has 2 aromatic carbocycles. The van der Waals surface area contributed by atoms with Crippen LogP contribution in [0.4, 0.5) is 10.1 Å². The first-order chi connectivity index (χ1) is 11.6. The van der Waals surface area contributed by atoms with E-state index in [4.69, 9.17) is 9.47 Å². The summed E-state index contributed by atoms with van der Waals surface area (Å²) < 4.78 is 23.9. The Kier molecular flexibility index (Phi) is 6.31. The third kappa shape index (κ3) is 5.08. The highest BCUT2D eigenvalue weighted by Gasteiger charge is 2.21. The van der Waals surface area contributed by atoms with Gasteiger partial charge in [-0.1, -0.05) is 37.3 Å². The number of amides is 1. The summed E-state index contributed by atoms with van der Waals surface area (Å²) in [5.74, 6) is -1.29. The number of anilines is 1. The molecule has 0 unspecified atom stereocenters. The Labute approximate surface area is 139 Å². The molecule has 5 nitrogen and oxygen atoms in total. The molecule has 6 heteroatoms. The van der Waals surface area contributed by atoms with Gasteiger partial charge in [0.2, 0.25) is 0 Å². The van der Waals surface area contributed by atoms with E-state index >= 15 is 0 Å². The number of hydrogen-bond acceptors (Lipinski definition) is 4. The SMILES string of the molecule is CC[C@H](Oc1ccccc1)C(=O)OCC(=O)Nc1ccccc1F. The number of nitrogens with one attached hydrogen (secondary N) is 1. The van der Waals surface area contributed by atoms with E-state index < -0.39 is 30.4 Å². The zero-order valence-electron chi connectivity index (χ0n) is 13.2. The first-order valence-electron chi connectivity index (χ1n) is 7.53. The number of esters is 1. The molecule has 1 atom stereocenters. The average molecular weight is 331 g/mol. The maximum Gasteiger partial charge on any atom is 0.347 e. The standard InChI is InChI=1S/C18H18FNO4/c1-2-16(24-13-8-4-3-5-9-13)18(22)23-12-17(21)20-15-11-7-6-10-14(15)19/h3-11,16H,2,12H2,1H3,(H,20,21)/t16-/m0/s1. The van der Waals surface area contributed by atoms with Gasteiger partial charge in [-0.3, -0.25) is 4.79 Å². The van der Waals surface area contributed by atoms with Crippen molar-refractivity contribution in [3.05, 3.63) is 60.4 Å². The summed E-state index contributed by atoms with van der Waals surface area (Å²) >= 11 is 0. The molecule has 0 aliphatic rings. The number of rotatable bonds is 7.